The van der Waals surface area contributed by atoms with Gasteiger partial charge in [-0.25, -0.2) is 4.79 Å². The Hall–Kier alpha value is -2.62. The second-order valence-electron chi connectivity index (χ2n) is 5.21. The quantitative estimate of drug-likeness (QED) is 0.744. The average Bonchev–Trinajstić information content (AvgIpc) is 2.99. The number of amides is 3. The molecule has 0 saturated heterocycles. The molecule has 1 heterocycles. The van der Waals surface area contributed by atoms with Crippen LogP contribution in [0.25, 0.3) is 5.69 Å². The molecule has 0 aliphatic rings. The number of hydrogen-bond acceptors (Lipinski definition) is 7. The van der Waals surface area contributed by atoms with E-state index in [1.807, 2.05) is 13.8 Å². The fourth-order valence-corrected chi connectivity index (χ4v) is 2.93. The van der Waals surface area contributed by atoms with E-state index < -0.39 is 17.2 Å². The number of nitrogens with two attached hydrogens (primary N) is 1. The number of urea groups is 1. The van der Waals surface area contributed by atoms with Gasteiger partial charge < -0.3 is 10.5 Å². The molecule has 0 aliphatic heterocycles. The highest BCUT2D eigenvalue weighted by molar-refractivity contribution is 8.00. The van der Waals surface area contributed by atoms with E-state index in [9.17, 15) is 9.59 Å². The topological polar surface area (TPSA) is 125 Å². The Balaban J connectivity index is 2.24. The van der Waals surface area contributed by atoms with Gasteiger partial charge in [0.15, 0.2) is 0 Å². The van der Waals surface area contributed by atoms with Crippen molar-refractivity contribution in [1.29, 1.82) is 0 Å². The molecule has 128 valence electrons. The second-order valence-corrected chi connectivity index (χ2v) is 6.32. The summed E-state index contributed by atoms with van der Waals surface area (Å²) in [7, 11) is 1.58. The summed E-state index contributed by atoms with van der Waals surface area (Å²) in [4.78, 5) is 23.0. The van der Waals surface area contributed by atoms with Gasteiger partial charge in [-0.05, 0) is 40.6 Å². The number of ether oxygens (including phenoxy) is 1. The molecule has 0 aliphatic carbocycles. The molecule has 0 saturated carbocycles. The lowest BCUT2D eigenvalue weighted by Crippen LogP contribution is -2.42. The van der Waals surface area contributed by atoms with Crippen LogP contribution in [-0.4, -0.2) is 44.5 Å². The Morgan fingerprint density at radius 3 is 2.50 bits per heavy atom. The highest BCUT2D eigenvalue weighted by Gasteiger charge is 2.27. The predicted octanol–water partition coefficient (Wildman–Crippen LogP) is 0.982. The molecule has 0 bridgehead atoms. The number of hydrogen-bond donors (Lipinski definition) is 2. The minimum atomic E-state index is -0.888. The molecule has 10 heteroatoms. The van der Waals surface area contributed by atoms with Crippen molar-refractivity contribution in [3.05, 3.63) is 24.3 Å². The van der Waals surface area contributed by atoms with Crippen LogP contribution >= 0.6 is 11.8 Å². The zero-order valence-corrected chi connectivity index (χ0v) is 14.3. The summed E-state index contributed by atoms with van der Waals surface area (Å²) in [6.45, 7) is 3.72. The first-order valence-electron chi connectivity index (χ1n) is 7.12. The maximum atomic E-state index is 12.1. The van der Waals surface area contributed by atoms with E-state index in [0.717, 1.165) is 17.4 Å². The van der Waals surface area contributed by atoms with Crippen molar-refractivity contribution in [3.63, 3.8) is 0 Å². The van der Waals surface area contributed by atoms with Crippen LogP contribution < -0.4 is 15.8 Å². The molecule has 2 aromatic rings. The number of nitrogens with one attached hydrogen (secondary N) is 1. The molecule has 0 radical (unpaired) electrons. The zero-order chi connectivity index (χ0) is 17.7. The summed E-state index contributed by atoms with van der Waals surface area (Å²) in [5.74, 6) is 0.170. The van der Waals surface area contributed by atoms with E-state index in [1.54, 1.807) is 31.4 Å². The van der Waals surface area contributed by atoms with Crippen molar-refractivity contribution in [2.45, 2.75) is 24.3 Å². The third kappa shape index (κ3) is 4.22. The van der Waals surface area contributed by atoms with Crippen molar-refractivity contribution in [2.75, 3.05) is 7.11 Å². The van der Waals surface area contributed by atoms with Crippen LogP contribution in [-0.2, 0) is 4.79 Å². The Bertz CT molecular complexity index is 716. The number of carbonyl (C=O) groups is 2. The molecule has 3 N–H and O–H groups in total. The van der Waals surface area contributed by atoms with Crippen molar-refractivity contribution in [2.24, 2.45) is 11.7 Å². The normalized spacial score (nSPS) is 12.0. The van der Waals surface area contributed by atoms with Gasteiger partial charge >= 0.3 is 6.03 Å². The average molecular weight is 350 g/mol. The predicted molar refractivity (Wildman–Crippen MR) is 87.9 cm³/mol. The molecule has 9 nitrogen and oxygen atoms in total. The van der Waals surface area contributed by atoms with Crippen molar-refractivity contribution in [1.82, 2.24) is 25.5 Å². The minimum absolute atomic E-state index is 0.0598. The number of imide groups is 1. The van der Waals surface area contributed by atoms with Gasteiger partial charge in [-0.2, -0.15) is 4.68 Å². The summed E-state index contributed by atoms with van der Waals surface area (Å²) in [5, 5.41) is 13.5. The Morgan fingerprint density at radius 2 is 1.96 bits per heavy atom. The standard InChI is InChI=1S/C14H18N6O3S/c1-8(2)11(12(21)16-13(15)22)24-14-17-18-19-20(14)9-4-6-10(23-3)7-5-9/h4-8,11H,1-3H3,(H3,15,16,21,22)/t11-/m1/s1. The van der Waals surface area contributed by atoms with E-state index in [0.29, 0.717) is 10.9 Å². The monoisotopic (exact) mass is 350 g/mol. The van der Waals surface area contributed by atoms with Crippen molar-refractivity contribution >= 4 is 23.7 Å². The minimum Gasteiger partial charge on any atom is -0.497 e. The number of tetrazole rings is 1. The fraction of sp³-hybridized carbons (Fsp3) is 0.357. The Kier molecular flexibility index (Phi) is 5.74. The summed E-state index contributed by atoms with van der Waals surface area (Å²) in [6.07, 6.45) is 0. The molecule has 24 heavy (non-hydrogen) atoms. The highest BCUT2D eigenvalue weighted by atomic mass is 32.2. The molecule has 1 aromatic heterocycles. The van der Waals surface area contributed by atoms with Gasteiger partial charge in [-0.1, -0.05) is 25.6 Å². The molecular formula is C14H18N6O3S. The smallest absolute Gasteiger partial charge is 0.318 e. The maximum absolute atomic E-state index is 12.1. The van der Waals surface area contributed by atoms with Crippen LogP contribution in [0.15, 0.2) is 29.4 Å². The van der Waals surface area contributed by atoms with E-state index in [1.165, 1.54) is 4.68 Å². The second kappa shape index (κ2) is 7.77. The SMILES string of the molecule is COc1ccc(-n2nnnc2S[C@@H](C(=O)NC(N)=O)C(C)C)cc1. The number of thioether (sulfide) groups is 1. The Morgan fingerprint density at radius 1 is 1.29 bits per heavy atom. The first-order valence-corrected chi connectivity index (χ1v) is 8.00. The first kappa shape index (κ1) is 17.7. The number of rotatable bonds is 6. The number of aromatic nitrogens is 4. The number of benzene rings is 1. The van der Waals surface area contributed by atoms with Gasteiger partial charge in [0, 0.05) is 0 Å². The molecule has 2 rings (SSSR count). The van der Waals surface area contributed by atoms with Gasteiger partial charge in [-0.3, -0.25) is 10.1 Å². The highest BCUT2D eigenvalue weighted by Crippen LogP contribution is 2.28. The lowest BCUT2D eigenvalue weighted by molar-refractivity contribution is -0.120. The summed E-state index contributed by atoms with van der Waals surface area (Å²) >= 11 is 1.16. The summed E-state index contributed by atoms with van der Waals surface area (Å²) in [5.41, 5.74) is 5.74. The fourth-order valence-electron chi connectivity index (χ4n) is 1.94. The van der Waals surface area contributed by atoms with Gasteiger partial charge in [0.2, 0.25) is 11.1 Å². The van der Waals surface area contributed by atoms with Crippen LogP contribution in [0, 0.1) is 5.92 Å². The van der Waals surface area contributed by atoms with Crippen molar-refractivity contribution in [3.8, 4) is 11.4 Å². The number of methoxy groups -OCH3 is 1. The molecule has 3 amide bonds. The maximum Gasteiger partial charge on any atom is 0.318 e. The van der Waals surface area contributed by atoms with E-state index in [2.05, 4.69) is 20.8 Å². The van der Waals surface area contributed by atoms with Crippen LogP contribution in [0.2, 0.25) is 0 Å². The van der Waals surface area contributed by atoms with Gasteiger partial charge in [0.25, 0.3) is 0 Å². The summed E-state index contributed by atoms with van der Waals surface area (Å²) < 4.78 is 6.63. The molecule has 0 unspecified atom stereocenters. The van der Waals surface area contributed by atoms with Gasteiger partial charge in [-0.15, -0.1) is 5.10 Å². The lowest BCUT2D eigenvalue weighted by atomic mass is 10.1. The summed E-state index contributed by atoms with van der Waals surface area (Å²) in [6, 6.07) is 6.28. The zero-order valence-electron chi connectivity index (χ0n) is 13.5. The number of primary amides is 1. The number of nitrogens with zero attached hydrogens (tertiary/aromatic N) is 4. The van der Waals surface area contributed by atoms with Crippen LogP contribution in [0.5, 0.6) is 5.75 Å². The van der Waals surface area contributed by atoms with Crippen LogP contribution in [0.1, 0.15) is 13.8 Å². The van der Waals surface area contributed by atoms with Gasteiger partial charge in [0.1, 0.15) is 5.75 Å². The van der Waals surface area contributed by atoms with E-state index >= 15 is 0 Å². The largest absolute Gasteiger partial charge is 0.497 e. The molecule has 1 aromatic carbocycles. The first-order chi connectivity index (χ1) is 11.4. The van der Waals surface area contributed by atoms with Gasteiger partial charge in [0.05, 0.1) is 18.0 Å². The van der Waals surface area contributed by atoms with E-state index in [4.69, 9.17) is 10.5 Å². The van der Waals surface area contributed by atoms with Crippen LogP contribution in [0.4, 0.5) is 4.79 Å². The third-order valence-corrected chi connectivity index (χ3v) is 4.58. The van der Waals surface area contributed by atoms with Crippen molar-refractivity contribution < 1.29 is 14.3 Å². The molecular weight excluding hydrogens is 332 g/mol. The number of carbonyl (C=O) groups excluding carboxylic acids is 2. The molecule has 0 fully saturated rings. The Labute approximate surface area is 142 Å². The molecule has 1 atom stereocenters. The lowest BCUT2D eigenvalue weighted by Gasteiger charge is -2.18. The third-order valence-electron chi connectivity index (χ3n) is 3.10. The molecule has 0 spiro atoms. The van der Waals surface area contributed by atoms with Crippen LogP contribution in [0.3, 0.4) is 0 Å². The van der Waals surface area contributed by atoms with E-state index in [-0.39, 0.29) is 5.92 Å².